The third-order valence-electron chi connectivity index (χ3n) is 6.24. The zero-order valence-corrected chi connectivity index (χ0v) is 20.0. The maximum atomic E-state index is 12.7. The Hall–Kier alpha value is -3.03. The Kier molecular flexibility index (Phi) is 6.36. The fourth-order valence-corrected chi connectivity index (χ4v) is 4.31. The number of anilines is 1. The number of ether oxygens (including phenoxy) is 1. The number of methoxy groups -OCH3 is 1. The highest BCUT2D eigenvalue weighted by molar-refractivity contribution is 5.87. The average molecular weight is 452 g/mol. The first-order valence-corrected chi connectivity index (χ1v) is 11.3. The summed E-state index contributed by atoms with van der Waals surface area (Å²) in [6, 6.07) is 13.9. The number of hydrogen-bond acceptors (Lipinski definition) is 6. The standard InChI is InChI=1S/C26H33N3O4/c1-18-8-6-11-21(25(2,3)4)23(18)27-24(30)32-29-14-12-26(13-15-29)17-22(28-33-26)19-9-7-10-20(16-19)31-5/h6-11,16-17,28H,12-15H2,1-5H3,(H,27,30). The van der Waals surface area contributed by atoms with Crippen LogP contribution < -0.4 is 15.5 Å². The molecule has 1 fully saturated rings. The number of rotatable bonds is 4. The molecule has 1 amide bonds. The summed E-state index contributed by atoms with van der Waals surface area (Å²) in [6.07, 6.45) is 3.07. The quantitative estimate of drug-likeness (QED) is 0.668. The third kappa shape index (κ3) is 5.15. The second kappa shape index (κ2) is 9.08. The minimum Gasteiger partial charge on any atom is -0.497 e. The van der Waals surface area contributed by atoms with Gasteiger partial charge in [0.05, 0.1) is 18.5 Å². The van der Waals surface area contributed by atoms with E-state index < -0.39 is 11.7 Å². The third-order valence-corrected chi connectivity index (χ3v) is 6.24. The van der Waals surface area contributed by atoms with Crippen LogP contribution in [0.25, 0.3) is 5.70 Å². The van der Waals surface area contributed by atoms with E-state index in [1.165, 1.54) is 0 Å². The molecule has 0 unspecified atom stereocenters. The van der Waals surface area contributed by atoms with Crippen LogP contribution in [0.3, 0.4) is 0 Å². The molecule has 1 spiro atoms. The number of nitrogens with one attached hydrogen (secondary N) is 2. The summed E-state index contributed by atoms with van der Waals surface area (Å²) in [7, 11) is 1.66. The summed E-state index contributed by atoms with van der Waals surface area (Å²) >= 11 is 0. The van der Waals surface area contributed by atoms with E-state index in [2.05, 4.69) is 37.6 Å². The van der Waals surface area contributed by atoms with Gasteiger partial charge in [0.25, 0.3) is 0 Å². The molecule has 2 aromatic carbocycles. The van der Waals surface area contributed by atoms with Gasteiger partial charge in [0.2, 0.25) is 0 Å². The van der Waals surface area contributed by atoms with Crippen molar-refractivity contribution in [2.24, 2.45) is 0 Å². The molecule has 0 bridgehead atoms. The van der Waals surface area contributed by atoms with Gasteiger partial charge < -0.3 is 9.57 Å². The number of piperidine rings is 1. The van der Waals surface area contributed by atoms with Crippen LogP contribution in [0.4, 0.5) is 10.5 Å². The van der Waals surface area contributed by atoms with Gasteiger partial charge in [-0.05, 0) is 54.5 Å². The van der Waals surface area contributed by atoms with Gasteiger partial charge in [-0.25, -0.2) is 4.79 Å². The molecule has 1 saturated heterocycles. The Morgan fingerprint density at radius 3 is 2.58 bits per heavy atom. The van der Waals surface area contributed by atoms with Crippen LogP contribution in [0.2, 0.25) is 0 Å². The van der Waals surface area contributed by atoms with Crippen molar-refractivity contribution < 1.29 is 19.2 Å². The molecule has 2 N–H and O–H groups in total. The number of hydroxylamine groups is 3. The Morgan fingerprint density at radius 1 is 1.15 bits per heavy atom. The van der Waals surface area contributed by atoms with Crippen molar-refractivity contribution in [1.82, 2.24) is 10.5 Å². The Balaban J connectivity index is 1.37. The Morgan fingerprint density at radius 2 is 1.88 bits per heavy atom. The van der Waals surface area contributed by atoms with Gasteiger partial charge in [0.15, 0.2) is 0 Å². The van der Waals surface area contributed by atoms with E-state index >= 15 is 0 Å². The van der Waals surface area contributed by atoms with Crippen LogP contribution >= 0.6 is 0 Å². The lowest BCUT2D eigenvalue weighted by molar-refractivity contribution is -0.153. The van der Waals surface area contributed by atoms with Crippen molar-refractivity contribution in [3.05, 3.63) is 65.2 Å². The molecule has 2 aliphatic rings. The van der Waals surface area contributed by atoms with Crippen molar-refractivity contribution in [2.45, 2.75) is 51.6 Å². The van der Waals surface area contributed by atoms with E-state index in [1.807, 2.05) is 49.4 Å². The summed E-state index contributed by atoms with van der Waals surface area (Å²) < 4.78 is 5.32. The minimum atomic E-state index is -0.469. The van der Waals surface area contributed by atoms with Gasteiger partial charge in [0.1, 0.15) is 11.4 Å². The van der Waals surface area contributed by atoms with Crippen LogP contribution in [0.1, 0.15) is 50.3 Å². The van der Waals surface area contributed by atoms with Gasteiger partial charge in [-0.3, -0.25) is 15.6 Å². The first kappa shape index (κ1) is 23.1. The van der Waals surface area contributed by atoms with E-state index in [0.29, 0.717) is 25.9 Å². The predicted octanol–water partition coefficient (Wildman–Crippen LogP) is 5.18. The molecular weight excluding hydrogens is 418 g/mol. The average Bonchev–Trinajstić information content (AvgIpc) is 3.20. The number of carbonyl (C=O) groups is 1. The molecule has 2 aliphatic heterocycles. The second-order valence-electron chi connectivity index (χ2n) is 9.74. The van der Waals surface area contributed by atoms with Crippen LogP contribution in [0.5, 0.6) is 5.75 Å². The zero-order valence-electron chi connectivity index (χ0n) is 20.0. The maximum Gasteiger partial charge on any atom is 0.430 e. The highest BCUT2D eigenvalue weighted by atomic mass is 16.7. The van der Waals surface area contributed by atoms with Crippen LogP contribution in [-0.4, -0.2) is 37.0 Å². The zero-order chi connectivity index (χ0) is 23.6. The molecule has 7 nitrogen and oxygen atoms in total. The number of carbonyl (C=O) groups excluding carboxylic acids is 1. The van der Waals surface area contributed by atoms with E-state index in [1.54, 1.807) is 12.2 Å². The summed E-state index contributed by atoms with van der Waals surface area (Å²) in [5.41, 5.74) is 7.41. The van der Waals surface area contributed by atoms with Crippen LogP contribution in [0, 0.1) is 6.92 Å². The number of aryl methyl sites for hydroxylation is 1. The van der Waals surface area contributed by atoms with Crippen LogP contribution in [-0.2, 0) is 15.1 Å². The van der Waals surface area contributed by atoms with E-state index in [9.17, 15) is 4.79 Å². The molecule has 7 heteroatoms. The minimum absolute atomic E-state index is 0.0915. The molecule has 0 radical (unpaired) electrons. The SMILES string of the molecule is COc1cccc(C2=CC3(CCN(OC(=O)Nc4c(C)cccc4C(C)(C)C)CC3)ON2)c1. The first-order chi connectivity index (χ1) is 15.7. The summed E-state index contributed by atoms with van der Waals surface area (Å²) in [6.45, 7) is 9.54. The highest BCUT2D eigenvalue weighted by Crippen LogP contribution is 2.36. The second-order valence-corrected chi connectivity index (χ2v) is 9.74. The fourth-order valence-electron chi connectivity index (χ4n) is 4.31. The van der Waals surface area contributed by atoms with Gasteiger partial charge in [-0.15, -0.1) is 5.06 Å². The largest absolute Gasteiger partial charge is 0.497 e. The lowest BCUT2D eigenvalue weighted by Gasteiger charge is -2.35. The molecule has 0 aliphatic carbocycles. The number of benzene rings is 2. The molecular formula is C26H33N3O4. The van der Waals surface area contributed by atoms with Crippen molar-refractivity contribution >= 4 is 17.5 Å². The van der Waals surface area contributed by atoms with E-state index in [-0.39, 0.29) is 5.41 Å². The molecule has 2 heterocycles. The first-order valence-electron chi connectivity index (χ1n) is 11.3. The molecule has 4 rings (SSSR count). The number of para-hydroxylation sites is 1. The van der Waals surface area contributed by atoms with Crippen molar-refractivity contribution in [3.8, 4) is 5.75 Å². The number of amides is 1. The van der Waals surface area contributed by atoms with Gasteiger partial charge in [-0.1, -0.05) is 51.1 Å². The highest BCUT2D eigenvalue weighted by Gasteiger charge is 2.40. The topological polar surface area (TPSA) is 72.1 Å². The van der Waals surface area contributed by atoms with Gasteiger partial charge in [0, 0.05) is 18.7 Å². The Bertz CT molecular complexity index is 1050. The predicted molar refractivity (Wildman–Crippen MR) is 129 cm³/mol. The van der Waals surface area contributed by atoms with Crippen LogP contribution in [0.15, 0.2) is 48.5 Å². The molecule has 33 heavy (non-hydrogen) atoms. The summed E-state index contributed by atoms with van der Waals surface area (Å²) in [4.78, 5) is 24.3. The Labute approximate surface area is 195 Å². The van der Waals surface area contributed by atoms with E-state index in [0.717, 1.165) is 33.8 Å². The monoisotopic (exact) mass is 451 g/mol. The molecule has 176 valence electrons. The molecule has 0 aromatic heterocycles. The lowest BCUT2D eigenvalue weighted by atomic mass is 9.84. The maximum absolute atomic E-state index is 12.7. The number of hydrogen-bond donors (Lipinski definition) is 2. The summed E-state index contributed by atoms with van der Waals surface area (Å²) in [5.74, 6) is 0.800. The number of nitrogens with zero attached hydrogens (tertiary/aromatic N) is 1. The smallest absolute Gasteiger partial charge is 0.430 e. The molecule has 0 atom stereocenters. The van der Waals surface area contributed by atoms with Crippen molar-refractivity contribution in [2.75, 3.05) is 25.5 Å². The normalized spacial score (nSPS) is 17.9. The van der Waals surface area contributed by atoms with E-state index in [4.69, 9.17) is 14.4 Å². The van der Waals surface area contributed by atoms with Gasteiger partial charge >= 0.3 is 6.09 Å². The summed E-state index contributed by atoms with van der Waals surface area (Å²) in [5, 5.41) is 4.67. The fraction of sp³-hybridized carbons (Fsp3) is 0.423. The van der Waals surface area contributed by atoms with Crippen molar-refractivity contribution in [1.29, 1.82) is 0 Å². The molecule has 2 aromatic rings. The van der Waals surface area contributed by atoms with Crippen molar-refractivity contribution in [3.63, 3.8) is 0 Å². The molecule has 0 saturated carbocycles. The van der Waals surface area contributed by atoms with Gasteiger partial charge in [-0.2, -0.15) is 0 Å². The lowest BCUT2D eigenvalue weighted by Crippen LogP contribution is -2.45.